The van der Waals surface area contributed by atoms with Crippen molar-refractivity contribution in [2.24, 2.45) is 11.8 Å². The molecule has 3 heterocycles. The number of carboxylic acids is 1. The van der Waals surface area contributed by atoms with Gasteiger partial charge in [-0.25, -0.2) is 0 Å². The highest BCUT2D eigenvalue weighted by molar-refractivity contribution is 5.67. The first kappa shape index (κ1) is 44.8. The summed E-state index contributed by atoms with van der Waals surface area (Å²) < 4.78 is 0. The van der Waals surface area contributed by atoms with Gasteiger partial charge in [-0.05, 0) is 131 Å². The largest absolute Gasteiger partial charge is 0.481 e. The first-order valence-electron chi connectivity index (χ1n) is 22.6. The number of nitrogens with zero attached hydrogens (tertiary/aromatic N) is 5. The lowest BCUT2D eigenvalue weighted by Gasteiger charge is -2.56. The third-order valence-electron chi connectivity index (χ3n) is 13.1. The predicted molar refractivity (Wildman–Crippen MR) is 227 cm³/mol. The number of hydrogen-bond acceptors (Lipinski definition) is 11. The Balaban J connectivity index is 1.36. The van der Waals surface area contributed by atoms with E-state index in [2.05, 4.69) is 95.3 Å². The molecule has 0 bridgehead atoms. The summed E-state index contributed by atoms with van der Waals surface area (Å²) in [6, 6.07) is 0.304. The van der Waals surface area contributed by atoms with E-state index in [1.54, 1.807) is 0 Å². The van der Waals surface area contributed by atoms with Crippen molar-refractivity contribution >= 4 is 23.8 Å². The van der Waals surface area contributed by atoms with Crippen LogP contribution in [0.3, 0.4) is 0 Å². The van der Waals surface area contributed by atoms with Gasteiger partial charge in [0, 0.05) is 40.8 Å². The molecule has 1 aromatic heterocycles. The van der Waals surface area contributed by atoms with Gasteiger partial charge in [0.15, 0.2) is 0 Å². The van der Waals surface area contributed by atoms with Crippen LogP contribution in [0.2, 0.25) is 0 Å². The third kappa shape index (κ3) is 11.9. The van der Waals surface area contributed by atoms with Crippen LogP contribution in [-0.2, 0) is 14.5 Å². The van der Waals surface area contributed by atoms with Gasteiger partial charge >= 0.3 is 5.97 Å². The summed E-state index contributed by atoms with van der Waals surface area (Å²) in [6.07, 6.45) is 20.8. The van der Waals surface area contributed by atoms with E-state index in [9.17, 15) is 9.90 Å². The number of carbonyl (C=O) groups is 1. The van der Waals surface area contributed by atoms with Gasteiger partial charge in [0.05, 0.1) is 18.6 Å². The average Bonchev–Trinajstić information content (AvgIpc) is 3.11. The number of nitrogens with one attached hydrogen (secondary N) is 3. The number of anilines is 3. The number of carboxylic acid groups (broad SMARTS) is 1. The van der Waals surface area contributed by atoms with Crippen molar-refractivity contribution in [2.75, 3.05) is 22.5 Å². The van der Waals surface area contributed by atoms with E-state index in [1.807, 2.05) is 0 Å². The van der Waals surface area contributed by atoms with Gasteiger partial charge in [0.2, 0.25) is 17.8 Å². The van der Waals surface area contributed by atoms with Crippen molar-refractivity contribution in [3.63, 3.8) is 0 Å². The quantitative estimate of drug-likeness (QED) is 0.113. The molecule has 0 amide bonds. The van der Waals surface area contributed by atoms with Crippen LogP contribution in [0.25, 0.3) is 0 Å². The first-order valence-corrected chi connectivity index (χ1v) is 22.6. The third-order valence-corrected chi connectivity index (χ3v) is 13.1. The van der Waals surface area contributed by atoms with Gasteiger partial charge in [-0.3, -0.25) is 14.5 Å². The van der Waals surface area contributed by atoms with Crippen molar-refractivity contribution in [1.82, 2.24) is 25.1 Å². The molecule has 12 heteroatoms. The summed E-state index contributed by atoms with van der Waals surface area (Å²) in [5.74, 6) is 1.35. The van der Waals surface area contributed by atoms with E-state index >= 15 is 0 Å². The van der Waals surface area contributed by atoms with Crippen LogP contribution in [0.4, 0.5) is 17.8 Å². The molecule has 0 radical (unpaired) electrons. The Morgan fingerprint density at radius 2 is 1.00 bits per heavy atom. The van der Waals surface area contributed by atoms with E-state index in [0.717, 1.165) is 77.0 Å². The summed E-state index contributed by atoms with van der Waals surface area (Å²) in [6.45, 7) is 23.4. The molecule has 56 heavy (non-hydrogen) atoms. The topological polar surface area (TPSA) is 137 Å². The summed E-state index contributed by atoms with van der Waals surface area (Å²) >= 11 is 0. The Morgan fingerprint density at radius 1 is 0.643 bits per heavy atom. The number of hydrogen-bond donors (Lipinski definition) is 4. The molecular weight excluding hydrogens is 705 g/mol. The molecular formula is C44H80N8O4. The maximum absolute atomic E-state index is 11.4. The summed E-state index contributed by atoms with van der Waals surface area (Å²) in [4.78, 5) is 39.9. The summed E-state index contributed by atoms with van der Waals surface area (Å²) in [5, 5.41) is 24.9. The Kier molecular flexibility index (Phi) is 15.4. The number of aromatic nitrogens is 3. The fraction of sp³-hybridized carbons (Fsp3) is 0.909. The maximum Gasteiger partial charge on any atom is 0.305 e. The van der Waals surface area contributed by atoms with Gasteiger partial charge in [-0.1, -0.05) is 65.2 Å². The molecule has 2 saturated heterocycles. The molecule has 0 aromatic carbocycles. The number of rotatable bonds is 18. The standard InChI is InChI=1S/C44H80N8O4/c1-11-19-35(31-27-41(3,4)51(42(5,6)28-31)55-33-21-15-13-16-22-33)46-39-48-38(45-26-25-37(53)54)49-40(50-39)47-36(20-12-2)32-29-43(7,8)52(44(9,10)30-32)56-34-23-17-14-18-24-34/h31-36H,11-30H2,1-10H3,(H,53,54)(H3,45,46,47,48,49,50). The Labute approximate surface area is 339 Å². The fourth-order valence-corrected chi connectivity index (χ4v) is 11.1. The lowest BCUT2D eigenvalue weighted by Crippen LogP contribution is -2.63. The van der Waals surface area contributed by atoms with Crippen LogP contribution in [0, 0.1) is 11.8 Å². The average molecular weight is 785 g/mol. The van der Waals surface area contributed by atoms with Crippen LogP contribution >= 0.6 is 0 Å². The van der Waals surface area contributed by atoms with Gasteiger partial charge in [-0.2, -0.15) is 25.1 Å². The Bertz CT molecular complexity index is 1270. The zero-order valence-electron chi connectivity index (χ0n) is 37.0. The van der Waals surface area contributed by atoms with Crippen molar-refractivity contribution < 1.29 is 19.6 Å². The van der Waals surface area contributed by atoms with Crippen LogP contribution in [0.15, 0.2) is 0 Å². The molecule has 5 rings (SSSR count). The smallest absolute Gasteiger partial charge is 0.305 e. The summed E-state index contributed by atoms with van der Waals surface area (Å²) in [7, 11) is 0. The second-order valence-corrected chi connectivity index (χ2v) is 20.4. The van der Waals surface area contributed by atoms with Crippen LogP contribution in [0.1, 0.15) is 191 Å². The van der Waals surface area contributed by atoms with E-state index in [0.29, 0.717) is 41.9 Å². The highest BCUT2D eigenvalue weighted by Crippen LogP contribution is 2.47. The lowest BCUT2D eigenvalue weighted by molar-refractivity contribution is -0.314. The monoisotopic (exact) mass is 785 g/mol. The molecule has 2 saturated carbocycles. The predicted octanol–water partition coefficient (Wildman–Crippen LogP) is 9.99. The zero-order valence-corrected chi connectivity index (χ0v) is 37.0. The molecule has 1 aromatic rings. The number of aliphatic carboxylic acids is 1. The number of piperidine rings is 2. The molecule has 0 spiro atoms. The van der Waals surface area contributed by atoms with Crippen molar-refractivity contribution in [3.8, 4) is 0 Å². The molecule has 4 aliphatic rings. The molecule has 2 unspecified atom stereocenters. The zero-order chi connectivity index (χ0) is 40.7. The van der Waals surface area contributed by atoms with Gasteiger partial charge in [0.25, 0.3) is 0 Å². The van der Waals surface area contributed by atoms with E-state index in [-0.39, 0.29) is 47.2 Å². The first-order chi connectivity index (χ1) is 26.4. The van der Waals surface area contributed by atoms with E-state index in [1.165, 1.54) is 38.5 Å². The molecule has 320 valence electrons. The molecule has 2 atom stereocenters. The Morgan fingerprint density at radius 3 is 1.34 bits per heavy atom. The molecule has 2 aliphatic heterocycles. The minimum atomic E-state index is -0.859. The van der Waals surface area contributed by atoms with Crippen molar-refractivity contribution in [1.29, 1.82) is 0 Å². The summed E-state index contributed by atoms with van der Waals surface area (Å²) in [5.41, 5.74) is -0.560. The Hall–Kier alpha value is -2.28. The normalized spacial score (nSPS) is 25.0. The molecule has 4 N–H and O–H groups in total. The minimum absolute atomic E-state index is 0.0224. The SMILES string of the molecule is CCCC(Nc1nc(NCCC(=O)O)nc(NC(CCC)C2CC(C)(C)N(OC3CCCCC3)C(C)(C)C2)n1)C1CC(C)(C)N(OC2CCCCC2)C(C)(C)C1. The highest BCUT2D eigenvalue weighted by atomic mass is 16.7. The molecule has 2 aliphatic carbocycles. The minimum Gasteiger partial charge on any atom is -0.481 e. The van der Waals surface area contributed by atoms with Crippen LogP contribution in [0.5, 0.6) is 0 Å². The maximum atomic E-state index is 11.4. The van der Waals surface area contributed by atoms with Crippen LogP contribution in [-0.4, -0.2) is 89.1 Å². The van der Waals surface area contributed by atoms with Gasteiger partial charge < -0.3 is 21.1 Å². The van der Waals surface area contributed by atoms with Gasteiger partial charge in [-0.15, -0.1) is 0 Å². The fourth-order valence-electron chi connectivity index (χ4n) is 11.1. The van der Waals surface area contributed by atoms with E-state index in [4.69, 9.17) is 24.6 Å². The van der Waals surface area contributed by atoms with Crippen molar-refractivity contribution in [3.05, 3.63) is 0 Å². The second-order valence-electron chi connectivity index (χ2n) is 20.4. The van der Waals surface area contributed by atoms with Crippen molar-refractivity contribution in [2.45, 2.75) is 238 Å². The molecule has 4 fully saturated rings. The van der Waals surface area contributed by atoms with E-state index < -0.39 is 5.97 Å². The second kappa shape index (κ2) is 19.2. The lowest BCUT2D eigenvalue weighted by atomic mass is 9.71. The van der Waals surface area contributed by atoms with Crippen LogP contribution < -0.4 is 16.0 Å². The highest BCUT2D eigenvalue weighted by Gasteiger charge is 2.50. The molecule has 12 nitrogen and oxygen atoms in total. The number of hydroxylamine groups is 4. The van der Waals surface area contributed by atoms with Gasteiger partial charge in [0.1, 0.15) is 0 Å².